The minimum atomic E-state index is 0.721. The highest BCUT2D eigenvalue weighted by atomic mass is 15.2. The van der Waals surface area contributed by atoms with Crippen LogP contribution in [-0.4, -0.2) is 56.1 Å². The lowest BCUT2D eigenvalue weighted by molar-refractivity contribution is 0.128. The summed E-state index contributed by atoms with van der Waals surface area (Å²) < 4.78 is 0. The van der Waals surface area contributed by atoms with Crippen molar-refractivity contribution in [1.82, 2.24) is 15.1 Å². The summed E-state index contributed by atoms with van der Waals surface area (Å²) in [4.78, 5) is 4.97. The van der Waals surface area contributed by atoms with Crippen LogP contribution in [-0.2, 0) is 13.0 Å². The third kappa shape index (κ3) is 5.42. The van der Waals surface area contributed by atoms with Gasteiger partial charge in [0.05, 0.1) is 0 Å². The van der Waals surface area contributed by atoms with Crippen LogP contribution in [0.4, 0.5) is 0 Å². The zero-order valence-electron chi connectivity index (χ0n) is 13.9. The lowest BCUT2D eigenvalue weighted by atomic mass is 10.0. The van der Waals surface area contributed by atoms with Crippen LogP contribution in [0, 0.1) is 0 Å². The zero-order chi connectivity index (χ0) is 15.1. The molecule has 0 aromatic heterocycles. The van der Waals surface area contributed by atoms with Gasteiger partial charge in [-0.1, -0.05) is 31.2 Å². The molecule has 1 heterocycles. The predicted octanol–water partition coefficient (Wildman–Crippen LogP) is 2.36. The Bertz CT molecular complexity index is 399. The zero-order valence-corrected chi connectivity index (χ0v) is 13.9. The maximum Gasteiger partial charge on any atom is 0.0234 e. The molecule has 1 N–H and O–H groups in total. The van der Waals surface area contributed by atoms with Crippen LogP contribution in [0.5, 0.6) is 0 Å². The van der Waals surface area contributed by atoms with Crippen LogP contribution >= 0.6 is 0 Å². The molecule has 3 nitrogen and oxygen atoms in total. The van der Waals surface area contributed by atoms with Crippen molar-refractivity contribution < 1.29 is 0 Å². The highest BCUT2D eigenvalue weighted by Crippen LogP contribution is 2.16. The topological polar surface area (TPSA) is 18.5 Å². The normalized spacial score (nSPS) is 20.1. The SMILES string of the molecule is CCNCCc1ccc(CN2CCCC(N(C)C)C2)cc1. The molecule has 1 aliphatic rings. The maximum absolute atomic E-state index is 3.38. The van der Waals surface area contributed by atoms with E-state index in [0.29, 0.717) is 0 Å². The van der Waals surface area contributed by atoms with Gasteiger partial charge >= 0.3 is 0 Å². The van der Waals surface area contributed by atoms with Gasteiger partial charge in [0.15, 0.2) is 0 Å². The highest BCUT2D eigenvalue weighted by molar-refractivity contribution is 5.22. The number of nitrogens with one attached hydrogen (secondary N) is 1. The van der Waals surface area contributed by atoms with E-state index in [0.717, 1.165) is 32.1 Å². The summed E-state index contributed by atoms with van der Waals surface area (Å²) in [5.41, 5.74) is 2.88. The van der Waals surface area contributed by atoms with Crippen molar-refractivity contribution in [2.45, 2.75) is 38.8 Å². The summed E-state index contributed by atoms with van der Waals surface area (Å²) in [5, 5.41) is 3.38. The summed E-state index contributed by atoms with van der Waals surface area (Å²) in [6, 6.07) is 9.92. The number of piperidine rings is 1. The minimum Gasteiger partial charge on any atom is -0.317 e. The summed E-state index contributed by atoms with van der Waals surface area (Å²) in [6.07, 6.45) is 3.79. The van der Waals surface area contributed by atoms with Crippen molar-refractivity contribution in [2.24, 2.45) is 0 Å². The van der Waals surface area contributed by atoms with Crippen molar-refractivity contribution in [3.05, 3.63) is 35.4 Å². The number of nitrogens with zero attached hydrogens (tertiary/aromatic N) is 2. The molecular weight excluding hydrogens is 258 g/mol. The molecule has 1 fully saturated rings. The molecule has 0 bridgehead atoms. The second-order valence-corrected chi connectivity index (χ2v) is 6.41. The van der Waals surface area contributed by atoms with E-state index in [9.17, 15) is 0 Å². The Labute approximate surface area is 130 Å². The van der Waals surface area contributed by atoms with E-state index in [1.807, 2.05) is 0 Å². The molecule has 1 aliphatic heterocycles. The van der Waals surface area contributed by atoms with Crippen molar-refractivity contribution in [3.63, 3.8) is 0 Å². The lowest BCUT2D eigenvalue weighted by Gasteiger charge is -2.36. The van der Waals surface area contributed by atoms with Gasteiger partial charge in [-0.05, 0) is 64.1 Å². The van der Waals surface area contributed by atoms with Gasteiger partial charge in [0, 0.05) is 19.1 Å². The van der Waals surface area contributed by atoms with Gasteiger partial charge in [0.2, 0.25) is 0 Å². The van der Waals surface area contributed by atoms with Gasteiger partial charge in [-0.2, -0.15) is 0 Å². The molecule has 0 amide bonds. The Morgan fingerprint density at radius 1 is 1.19 bits per heavy atom. The fraction of sp³-hybridized carbons (Fsp3) is 0.667. The fourth-order valence-corrected chi connectivity index (χ4v) is 3.08. The Morgan fingerprint density at radius 2 is 1.90 bits per heavy atom. The summed E-state index contributed by atoms with van der Waals surface area (Å²) in [6.45, 7) is 7.83. The smallest absolute Gasteiger partial charge is 0.0234 e. The number of hydrogen-bond acceptors (Lipinski definition) is 3. The maximum atomic E-state index is 3.38. The molecule has 0 radical (unpaired) electrons. The molecule has 1 aromatic rings. The quantitative estimate of drug-likeness (QED) is 0.778. The van der Waals surface area contributed by atoms with Gasteiger partial charge in [-0.25, -0.2) is 0 Å². The molecule has 1 saturated heterocycles. The molecule has 1 atom stereocenters. The fourth-order valence-electron chi connectivity index (χ4n) is 3.08. The van der Waals surface area contributed by atoms with Crippen LogP contribution in [0.2, 0.25) is 0 Å². The number of rotatable bonds is 7. The van der Waals surface area contributed by atoms with Crippen molar-refractivity contribution in [1.29, 1.82) is 0 Å². The number of hydrogen-bond donors (Lipinski definition) is 1. The predicted molar refractivity (Wildman–Crippen MR) is 90.7 cm³/mol. The van der Waals surface area contributed by atoms with E-state index in [4.69, 9.17) is 0 Å². The third-order valence-corrected chi connectivity index (χ3v) is 4.48. The third-order valence-electron chi connectivity index (χ3n) is 4.48. The van der Waals surface area contributed by atoms with E-state index >= 15 is 0 Å². The van der Waals surface area contributed by atoms with Crippen LogP contribution in [0.25, 0.3) is 0 Å². The first-order chi connectivity index (χ1) is 10.2. The minimum absolute atomic E-state index is 0.721. The first kappa shape index (κ1) is 16.5. The number of likely N-dealkylation sites (N-methyl/N-ethyl adjacent to an activating group) is 2. The Morgan fingerprint density at radius 3 is 2.57 bits per heavy atom. The standard InChI is InChI=1S/C18H31N3/c1-4-19-12-11-16-7-9-17(10-8-16)14-21-13-5-6-18(15-21)20(2)3/h7-10,18-19H,4-6,11-15H2,1-3H3. The molecule has 21 heavy (non-hydrogen) atoms. The molecule has 0 spiro atoms. The molecule has 3 heteroatoms. The first-order valence-corrected chi connectivity index (χ1v) is 8.36. The average molecular weight is 289 g/mol. The van der Waals surface area contributed by atoms with Gasteiger partial charge in [0.1, 0.15) is 0 Å². The second-order valence-electron chi connectivity index (χ2n) is 6.41. The van der Waals surface area contributed by atoms with E-state index in [-0.39, 0.29) is 0 Å². The molecule has 0 saturated carbocycles. The van der Waals surface area contributed by atoms with Gasteiger partial charge < -0.3 is 10.2 Å². The summed E-state index contributed by atoms with van der Waals surface area (Å²) in [5.74, 6) is 0. The first-order valence-electron chi connectivity index (χ1n) is 8.36. The average Bonchev–Trinajstić information content (AvgIpc) is 2.49. The van der Waals surface area contributed by atoms with Gasteiger partial charge in [-0.3, -0.25) is 4.90 Å². The van der Waals surface area contributed by atoms with E-state index in [1.54, 1.807) is 0 Å². The van der Waals surface area contributed by atoms with Crippen molar-refractivity contribution in [2.75, 3.05) is 40.3 Å². The van der Waals surface area contributed by atoms with Crippen molar-refractivity contribution in [3.8, 4) is 0 Å². The summed E-state index contributed by atoms with van der Waals surface area (Å²) >= 11 is 0. The highest BCUT2D eigenvalue weighted by Gasteiger charge is 2.21. The Hall–Kier alpha value is -0.900. The molecule has 1 unspecified atom stereocenters. The van der Waals surface area contributed by atoms with Crippen LogP contribution in [0.1, 0.15) is 30.9 Å². The van der Waals surface area contributed by atoms with Crippen LogP contribution in [0.15, 0.2) is 24.3 Å². The van der Waals surface area contributed by atoms with E-state index in [2.05, 4.69) is 60.4 Å². The molecule has 118 valence electrons. The number of benzene rings is 1. The largest absolute Gasteiger partial charge is 0.317 e. The molecular formula is C18H31N3. The number of likely N-dealkylation sites (tertiary alicyclic amines) is 1. The molecule has 1 aromatic carbocycles. The van der Waals surface area contributed by atoms with Crippen LogP contribution in [0.3, 0.4) is 0 Å². The Kier molecular flexibility index (Phi) is 6.68. The molecule has 2 rings (SSSR count). The van der Waals surface area contributed by atoms with E-state index < -0.39 is 0 Å². The van der Waals surface area contributed by atoms with Crippen molar-refractivity contribution >= 4 is 0 Å². The summed E-state index contributed by atoms with van der Waals surface area (Å²) in [7, 11) is 4.40. The lowest BCUT2D eigenvalue weighted by Crippen LogP contribution is -2.44. The second kappa shape index (κ2) is 8.52. The van der Waals surface area contributed by atoms with Gasteiger partial charge in [0.25, 0.3) is 0 Å². The molecule has 0 aliphatic carbocycles. The van der Waals surface area contributed by atoms with Crippen LogP contribution < -0.4 is 5.32 Å². The van der Waals surface area contributed by atoms with E-state index in [1.165, 1.54) is 37.1 Å². The van der Waals surface area contributed by atoms with Gasteiger partial charge in [-0.15, -0.1) is 0 Å². The monoisotopic (exact) mass is 289 g/mol. The Balaban J connectivity index is 1.82.